The van der Waals surface area contributed by atoms with Gasteiger partial charge in [0.05, 0.1) is 18.6 Å². The van der Waals surface area contributed by atoms with E-state index in [1.165, 1.54) is 27.8 Å². The summed E-state index contributed by atoms with van der Waals surface area (Å²) in [6.07, 6.45) is 2.61. The van der Waals surface area contributed by atoms with Crippen molar-refractivity contribution in [3.8, 4) is 11.4 Å². The number of hydrogen-bond acceptors (Lipinski definition) is 6. The van der Waals surface area contributed by atoms with Crippen LogP contribution in [0.1, 0.15) is 42.5 Å². The van der Waals surface area contributed by atoms with Gasteiger partial charge >= 0.3 is 0 Å². The van der Waals surface area contributed by atoms with Crippen LogP contribution in [-0.2, 0) is 29.7 Å². The molecule has 0 bridgehead atoms. The Morgan fingerprint density at radius 2 is 1.97 bits per heavy atom. The Morgan fingerprint density at radius 1 is 1.15 bits per heavy atom. The minimum atomic E-state index is 0.0833. The van der Waals surface area contributed by atoms with Crippen molar-refractivity contribution in [1.29, 1.82) is 0 Å². The van der Waals surface area contributed by atoms with Crippen LogP contribution in [0.2, 0.25) is 0 Å². The monoisotopic (exact) mass is 492 g/mol. The van der Waals surface area contributed by atoms with Crippen molar-refractivity contribution >= 4 is 29.0 Å². The van der Waals surface area contributed by atoms with E-state index in [1.807, 2.05) is 21.6 Å². The van der Waals surface area contributed by atoms with Crippen molar-refractivity contribution in [2.24, 2.45) is 0 Å². The molecule has 6 nitrogen and oxygen atoms in total. The second kappa shape index (κ2) is 9.43. The van der Waals surface area contributed by atoms with E-state index in [1.54, 1.807) is 17.6 Å². The molecule has 8 heteroatoms. The number of aromatic nitrogens is 3. The molecule has 1 aromatic carbocycles. The minimum Gasteiger partial charge on any atom is -0.467 e. The summed E-state index contributed by atoms with van der Waals surface area (Å²) in [4.78, 5) is 16.3. The van der Waals surface area contributed by atoms with Crippen LogP contribution in [0.25, 0.3) is 11.4 Å². The summed E-state index contributed by atoms with van der Waals surface area (Å²) in [7, 11) is 0. The third-order valence-electron chi connectivity index (χ3n) is 6.11. The quantitative estimate of drug-likeness (QED) is 0.327. The number of thioether (sulfide) groups is 1. The molecule has 0 atom stereocenters. The van der Waals surface area contributed by atoms with Crippen LogP contribution in [0.3, 0.4) is 0 Å². The lowest BCUT2D eigenvalue weighted by atomic mass is 9.87. The number of furan rings is 1. The Balaban J connectivity index is 1.36. The van der Waals surface area contributed by atoms with Gasteiger partial charge < -0.3 is 9.32 Å². The molecule has 0 radical (unpaired) electrons. The molecule has 1 amide bonds. The van der Waals surface area contributed by atoms with Crippen LogP contribution in [0.4, 0.5) is 0 Å². The van der Waals surface area contributed by atoms with Crippen molar-refractivity contribution in [1.82, 2.24) is 19.7 Å². The largest absolute Gasteiger partial charge is 0.467 e. The van der Waals surface area contributed by atoms with E-state index in [0.717, 1.165) is 30.1 Å². The topological polar surface area (TPSA) is 64.2 Å². The Labute approximate surface area is 208 Å². The van der Waals surface area contributed by atoms with E-state index < -0.39 is 0 Å². The lowest BCUT2D eigenvalue weighted by Crippen LogP contribution is -2.36. The number of benzene rings is 1. The number of nitrogens with zero attached hydrogens (tertiary/aromatic N) is 4. The number of carbonyl (C=O) groups is 1. The zero-order valence-corrected chi connectivity index (χ0v) is 21.3. The Morgan fingerprint density at radius 3 is 2.71 bits per heavy atom. The fourth-order valence-electron chi connectivity index (χ4n) is 4.11. The summed E-state index contributed by atoms with van der Waals surface area (Å²) in [5.74, 6) is 2.05. The van der Waals surface area contributed by atoms with Gasteiger partial charge in [0, 0.05) is 23.5 Å². The third-order valence-corrected chi connectivity index (χ3v) is 8.08. The standard InChI is InChI=1S/C26H28N4O2S2/c1-26(2,3)20-8-6-18(7-9-20)24-27-28-25(30(24)16-21-5-4-13-32-21)34-17-23(31)29-12-10-22-19(15-29)11-14-33-22/h4-9,11,13-14H,10,12,15-17H2,1-3H3. The van der Waals surface area contributed by atoms with Crippen LogP contribution in [0.15, 0.2) is 63.7 Å². The highest BCUT2D eigenvalue weighted by molar-refractivity contribution is 7.99. The van der Waals surface area contributed by atoms with E-state index in [0.29, 0.717) is 24.0 Å². The highest BCUT2D eigenvalue weighted by atomic mass is 32.2. The van der Waals surface area contributed by atoms with Gasteiger partial charge in [0.25, 0.3) is 0 Å². The fraction of sp³-hybridized carbons (Fsp3) is 0.346. The second-order valence-corrected chi connectivity index (χ2v) is 11.5. The zero-order valence-electron chi connectivity index (χ0n) is 19.7. The van der Waals surface area contributed by atoms with E-state index >= 15 is 0 Å². The first-order valence-corrected chi connectivity index (χ1v) is 13.3. The van der Waals surface area contributed by atoms with Crippen LogP contribution in [-0.4, -0.2) is 37.9 Å². The van der Waals surface area contributed by atoms with Gasteiger partial charge in [-0.2, -0.15) is 0 Å². The molecular weight excluding hydrogens is 464 g/mol. The average molecular weight is 493 g/mol. The van der Waals surface area contributed by atoms with Crippen molar-refractivity contribution in [3.05, 3.63) is 75.9 Å². The molecule has 0 unspecified atom stereocenters. The predicted molar refractivity (Wildman–Crippen MR) is 136 cm³/mol. The molecule has 0 saturated heterocycles. The first kappa shape index (κ1) is 22.9. The molecule has 0 N–H and O–H groups in total. The molecule has 0 saturated carbocycles. The SMILES string of the molecule is CC(C)(C)c1ccc(-c2nnc(SCC(=O)N3CCc4sccc4C3)n2Cc2ccco2)cc1. The van der Waals surface area contributed by atoms with Crippen molar-refractivity contribution < 1.29 is 9.21 Å². The van der Waals surface area contributed by atoms with Crippen LogP contribution < -0.4 is 0 Å². The third kappa shape index (κ3) is 4.83. The van der Waals surface area contributed by atoms with Gasteiger partial charge in [-0.15, -0.1) is 21.5 Å². The summed E-state index contributed by atoms with van der Waals surface area (Å²) in [6, 6.07) is 14.4. The van der Waals surface area contributed by atoms with E-state index in [9.17, 15) is 4.79 Å². The molecule has 4 heterocycles. The summed E-state index contributed by atoms with van der Waals surface area (Å²) in [6.45, 7) is 8.59. The molecule has 0 aliphatic carbocycles. The minimum absolute atomic E-state index is 0.0833. The maximum atomic E-state index is 13.0. The first-order valence-electron chi connectivity index (χ1n) is 11.4. The maximum absolute atomic E-state index is 13.0. The molecular formula is C26H28N4O2S2. The Hall–Kier alpha value is -2.84. The number of fused-ring (bicyclic) bond motifs is 1. The Kier molecular flexibility index (Phi) is 6.36. The second-order valence-electron chi connectivity index (χ2n) is 9.52. The summed E-state index contributed by atoms with van der Waals surface area (Å²) in [5, 5.41) is 11.8. The van der Waals surface area contributed by atoms with E-state index in [4.69, 9.17) is 4.42 Å². The molecule has 3 aromatic heterocycles. The van der Waals surface area contributed by atoms with Gasteiger partial charge in [-0.1, -0.05) is 56.8 Å². The summed E-state index contributed by atoms with van der Waals surface area (Å²) in [5.41, 5.74) is 3.62. The molecule has 4 aromatic rings. The molecule has 5 rings (SSSR count). The first-order chi connectivity index (χ1) is 16.4. The molecule has 34 heavy (non-hydrogen) atoms. The van der Waals surface area contributed by atoms with Gasteiger partial charge in [0.1, 0.15) is 5.76 Å². The Bertz CT molecular complexity index is 1270. The molecule has 1 aliphatic heterocycles. The molecule has 176 valence electrons. The van der Waals surface area contributed by atoms with E-state index in [-0.39, 0.29) is 11.3 Å². The van der Waals surface area contributed by atoms with Crippen LogP contribution >= 0.6 is 23.1 Å². The average Bonchev–Trinajstić information content (AvgIpc) is 3.58. The fourth-order valence-corrected chi connectivity index (χ4v) is 5.84. The van der Waals surface area contributed by atoms with Gasteiger partial charge in [-0.3, -0.25) is 9.36 Å². The van der Waals surface area contributed by atoms with Gasteiger partial charge in [0.15, 0.2) is 11.0 Å². The maximum Gasteiger partial charge on any atom is 0.233 e. The highest BCUT2D eigenvalue weighted by Crippen LogP contribution is 2.29. The molecule has 0 spiro atoms. The normalized spacial score (nSPS) is 13.8. The summed E-state index contributed by atoms with van der Waals surface area (Å²) < 4.78 is 7.64. The smallest absolute Gasteiger partial charge is 0.233 e. The number of carbonyl (C=O) groups excluding carboxylic acids is 1. The van der Waals surface area contributed by atoms with E-state index in [2.05, 4.69) is 66.7 Å². The van der Waals surface area contributed by atoms with Crippen LogP contribution in [0, 0.1) is 0 Å². The van der Waals surface area contributed by atoms with Gasteiger partial charge in [-0.25, -0.2) is 0 Å². The zero-order chi connectivity index (χ0) is 23.7. The number of amides is 1. The van der Waals surface area contributed by atoms with Crippen molar-refractivity contribution in [2.75, 3.05) is 12.3 Å². The number of thiophene rings is 1. The summed E-state index contributed by atoms with van der Waals surface area (Å²) >= 11 is 3.22. The predicted octanol–water partition coefficient (Wildman–Crippen LogP) is 5.62. The molecule has 1 aliphatic rings. The van der Waals surface area contributed by atoms with Gasteiger partial charge in [-0.05, 0) is 46.5 Å². The number of rotatable bonds is 6. The lowest BCUT2D eigenvalue weighted by Gasteiger charge is -2.26. The van der Waals surface area contributed by atoms with Crippen molar-refractivity contribution in [2.45, 2.75) is 50.9 Å². The van der Waals surface area contributed by atoms with Crippen LogP contribution in [0.5, 0.6) is 0 Å². The lowest BCUT2D eigenvalue weighted by molar-refractivity contribution is -0.129. The van der Waals surface area contributed by atoms with Crippen molar-refractivity contribution in [3.63, 3.8) is 0 Å². The number of hydrogen-bond donors (Lipinski definition) is 0. The van der Waals surface area contributed by atoms with Gasteiger partial charge in [0.2, 0.25) is 5.91 Å². The molecule has 0 fully saturated rings. The highest BCUT2D eigenvalue weighted by Gasteiger charge is 2.23.